The number of amides is 1. The van der Waals surface area contributed by atoms with Gasteiger partial charge < -0.3 is 14.4 Å². The maximum atomic E-state index is 12.8. The number of benzene rings is 1. The molecule has 1 aromatic carbocycles. The normalized spacial score (nSPS) is 22.3. The highest BCUT2D eigenvalue weighted by molar-refractivity contribution is 5.79. The molecule has 2 aliphatic heterocycles. The van der Waals surface area contributed by atoms with E-state index in [1.807, 2.05) is 12.1 Å². The van der Waals surface area contributed by atoms with Crippen molar-refractivity contribution in [2.24, 2.45) is 11.8 Å². The van der Waals surface area contributed by atoms with E-state index in [9.17, 15) is 4.79 Å². The number of hydrogen-bond acceptors (Lipinski definition) is 4. The van der Waals surface area contributed by atoms with Crippen LogP contribution in [0.5, 0.6) is 11.5 Å². The molecule has 3 rings (SSSR count). The van der Waals surface area contributed by atoms with Crippen LogP contribution in [-0.2, 0) is 11.3 Å². The van der Waals surface area contributed by atoms with Crippen LogP contribution >= 0.6 is 0 Å². The largest absolute Gasteiger partial charge is 0.493 e. The van der Waals surface area contributed by atoms with Gasteiger partial charge in [0, 0.05) is 31.1 Å². The third kappa shape index (κ3) is 4.32. The Balaban J connectivity index is 1.55. The fourth-order valence-corrected chi connectivity index (χ4v) is 4.30. The second-order valence-corrected chi connectivity index (χ2v) is 7.73. The van der Waals surface area contributed by atoms with Crippen molar-refractivity contribution in [3.05, 3.63) is 23.8 Å². The number of carbonyl (C=O) groups excluding carboxylic acids is 1. The second-order valence-electron chi connectivity index (χ2n) is 7.73. The molecule has 0 spiro atoms. The van der Waals surface area contributed by atoms with Crippen LogP contribution in [0.2, 0.25) is 0 Å². The Labute approximate surface area is 157 Å². The lowest BCUT2D eigenvalue weighted by atomic mass is 9.92. The van der Waals surface area contributed by atoms with Gasteiger partial charge in [0.2, 0.25) is 5.91 Å². The van der Waals surface area contributed by atoms with Gasteiger partial charge in [-0.15, -0.1) is 0 Å². The lowest BCUT2D eigenvalue weighted by molar-refractivity contribution is -0.138. The van der Waals surface area contributed by atoms with E-state index in [1.165, 1.54) is 6.42 Å². The monoisotopic (exact) mass is 360 g/mol. The van der Waals surface area contributed by atoms with E-state index in [0.717, 1.165) is 69.0 Å². The molecule has 2 fully saturated rings. The fraction of sp³-hybridized carbons (Fsp3) is 0.667. The maximum Gasteiger partial charge on any atom is 0.225 e. The topological polar surface area (TPSA) is 42.0 Å². The molecule has 0 bridgehead atoms. The molecule has 144 valence electrons. The second kappa shape index (κ2) is 8.76. The Morgan fingerprint density at radius 2 is 1.88 bits per heavy atom. The van der Waals surface area contributed by atoms with E-state index in [0.29, 0.717) is 11.8 Å². The number of para-hydroxylation sites is 1. The van der Waals surface area contributed by atoms with Gasteiger partial charge in [0.05, 0.1) is 14.2 Å². The minimum Gasteiger partial charge on any atom is -0.493 e. The van der Waals surface area contributed by atoms with Crippen molar-refractivity contribution in [2.45, 2.75) is 39.2 Å². The summed E-state index contributed by atoms with van der Waals surface area (Å²) >= 11 is 0. The molecule has 2 saturated heterocycles. The number of methoxy groups -OCH3 is 2. The first-order chi connectivity index (χ1) is 12.6. The summed E-state index contributed by atoms with van der Waals surface area (Å²) in [5, 5.41) is 0. The summed E-state index contributed by atoms with van der Waals surface area (Å²) in [6.45, 7) is 6.90. The third-order valence-corrected chi connectivity index (χ3v) is 5.78. The van der Waals surface area contributed by atoms with Gasteiger partial charge in [-0.05, 0) is 50.8 Å². The number of ether oxygens (including phenoxy) is 2. The van der Waals surface area contributed by atoms with Crippen molar-refractivity contribution >= 4 is 5.91 Å². The molecule has 0 saturated carbocycles. The summed E-state index contributed by atoms with van der Waals surface area (Å²) in [7, 11) is 3.35. The molecule has 0 unspecified atom stereocenters. The number of rotatable bonds is 5. The zero-order chi connectivity index (χ0) is 18.5. The highest BCUT2D eigenvalue weighted by Crippen LogP contribution is 2.32. The molecule has 5 nitrogen and oxygen atoms in total. The predicted molar refractivity (Wildman–Crippen MR) is 103 cm³/mol. The average molecular weight is 360 g/mol. The molecule has 2 heterocycles. The van der Waals surface area contributed by atoms with Gasteiger partial charge in [0.25, 0.3) is 0 Å². The molecule has 0 aromatic heterocycles. The number of nitrogens with zero attached hydrogens (tertiary/aromatic N) is 2. The van der Waals surface area contributed by atoms with Gasteiger partial charge in [-0.1, -0.05) is 19.1 Å². The molecule has 1 amide bonds. The minimum absolute atomic E-state index is 0.198. The molecule has 2 aliphatic rings. The smallest absolute Gasteiger partial charge is 0.225 e. The van der Waals surface area contributed by atoms with Crippen LogP contribution < -0.4 is 9.47 Å². The fourth-order valence-electron chi connectivity index (χ4n) is 4.30. The highest BCUT2D eigenvalue weighted by atomic mass is 16.5. The van der Waals surface area contributed by atoms with Crippen LogP contribution in [0.4, 0.5) is 0 Å². The van der Waals surface area contributed by atoms with E-state index in [-0.39, 0.29) is 5.92 Å². The Hall–Kier alpha value is -1.75. The first-order valence-electron chi connectivity index (χ1n) is 9.83. The molecule has 0 N–H and O–H groups in total. The van der Waals surface area contributed by atoms with Gasteiger partial charge >= 0.3 is 0 Å². The summed E-state index contributed by atoms with van der Waals surface area (Å²) < 4.78 is 10.9. The van der Waals surface area contributed by atoms with Gasteiger partial charge in [0.15, 0.2) is 11.5 Å². The molecule has 0 radical (unpaired) electrons. The zero-order valence-corrected chi connectivity index (χ0v) is 16.4. The van der Waals surface area contributed by atoms with Gasteiger partial charge in [0.1, 0.15) is 0 Å². The van der Waals surface area contributed by atoms with E-state index in [4.69, 9.17) is 9.47 Å². The molecule has 0 aliphatic carbocycles. The number of carbonyl (C=O) groups is 1. The predicted octanol–water partition coefficient (Wildman–Crippen LogP) is 3.17. The van der Waals surface area contributed by atoms with Gasteiger partial charge in [-0.2, -0.15) is 0 Å². The first kappa shape index (κ1) is 19.0. The van der Waals surface area contributed by atoms with E-state index < -0.39 is 0 Å². The Morgan fingerprint density at radius 3 is 2.54 bits per heavy atom. The van der Waals surface area contributed by atoms with E-state index in [2.05, 4.69) is 22.8 Å². The van der Waals surface area contributed by atoms with Crippen molar-refractivity contribution in [3.8, 4) is 11.5 Å². The standard InChI is InChI=1S/C21H32N2O3/c1-16-6-5-11-23(14-16)21(24)17-9-12-22(13-10-17)15-18-7-4-8-19(25-2)20(18)26-3/h4,7-8,16-17H,5-6,9-15H2,1-3H3/t16-/m0/s1. The molecule has 1 atom stereocenters. The van der Waals surface area contributed by atoms with Crippen molar-refractivity contribution in [3.63, 3.8) is 0 Å². The lowest BCUT2D eigenvalue weighted by Gasteiger charge is -2.37. The van der Waals surface area contributed by atoms with E-state index >= 15 is 0 Å². The van der Waals surface area contributed by atoms with E-state index in [1.54, 1.807) is 14.2 Å². The summed E-state index contributed by atoms with van der Waals surface area (Å²) in [6.07, 6.45) is 4.32. The summed E-state index contributed by atoms with van der Waals surface area (Å²) in [4.78, 5) is 17.3. The minimum atomic E-state index is 0.198. The van der Waals surface area contributed by atoms with Crippen LogP contribution in [-0.4, -0.2) is 56.1 Å². The lowest BCUT2D eigenvalue weighted by Crippen LogP contribution is -2.45. The summed E-state index contributed by atoms with van der Waals surface area (Å²) in [5.74, 6) is 2.82. The van der Waals surface area contributed by atoms with Crippen LogP contribution in [0.15, 0.2) is 18.2 Å². The SMILES string of the molecule is COc1cccc(CN2CCC(C(=O)N3CCC[C@H](C)C3)CC2)c1OC. The van der Waals surface area contributed by atoms with Crippen LogP contribution in [0.1, 0.15) is 38.2 Å². The Bertz CT molecular complexity index is 611. The molecular weight excluding hydrogens is 328 g/mol. The summed E-state index contributed by atoms with van der Waals surface area (Å²) in [5.41, 5.74) is 1.14. The Kier molecular flexibility index (Phi) is 6.41. The molecule has 5 heteroatoms. The van der Waals surface area contributed by atoms with Crippen molar-refractivity contribution in [2.75, 3.05) is 40.4 Å². The van der Waals surface area contributed by atoms with Gasteiger partial charge in [-0.25, -0.2) is 0 Å². The number of likely N-dealkylation sites (tertiary alicyclic amines) is 2. The van der Waals surface area contributed by atoms with Crippen molar-refractivity contribution in [1.82, 2.24) is 9.80 Å². The van der Waals surface area contributed by atoms with Crippen molar-refractivity contribution < 1.29 is 14.3 Å². The van der Waals surface area contributed by atoms with Crippen LogP contribution in [0, 0.1) is 11.8 Å². The molecule has 26 heavy (non-hydrogen) atoms. The maximum absolute atomic E-state index is 12.8. The molecule has 1 aromatic rings. The molecular formula is C21H32N2O3. The quantitative estimate of drug-likeness (QED) is 0.809. The van der Waals surface area contributed by atoms with Gasteiger partial charge in [-0.3, -0.25) is 9.69 Å². The van der Waals surface area contributed by atoms with Crippen LogP contribution in [0.25, 0.3) is 0 Å². The highest BCUT2D eigenvalue weighted by Gasteiger charge is 2.30. The number of piperidine rings is 2. The summed E-state index contributed by atoms with van der Waals surface area (Å²) in [6, 6.07) is 6.02. The van der Waals surface area contributed by atoms with Crippen molar-refractivity contribution in [1.29, 1.82) is 0 Å². The average Bonchev–Trinajstić information content (AvgIpc) is 2.67. The number of hydrogen-bond donors (Lipinski definition) is 0. The third-order valence-electron chi connectivity index (χ3n) is 5.78. The van der Waals surface area contributed by atoms with Crippen LogP contribution in [0.3, 0.4) is 0 Å². The Morgan fingerprint density at radius 1 is 1.12 bits per heavy atom. The first-order valence-corrected chi connectivity index (χ1v) is 9.83. The zero-order valence-electron chi connectivity index (χ0n) is 16.4.